The van der Waals surface area contributed by atoms with Crippen LogP contribution >= 0.6 is 0 Å². The van der Waals surface area contributed by atoms with Gasteiger partial charge in [0, 0.05) is 0 Å². The van der Waals surface area contributed by atoms with Gasteiger partial charge in [-0.1, -0.05) is 19.9 Å². The molecule has 4 nitrogen and oxygen atoms in total. The summed E-state index contributed by atoms with van der Waals surface area (Å²) in [5.41, 5.74) is 2.21. The second-order valence-corrected chi connectivity index (χ2v) is 4.24. The number of ether oxygens (including phenoxy) is 1. The molecule has 4 heteroatoms. The molecule has 1 unspecified atom stereocenters. The summed E-state index contributed by atoms with van der Waals surface area (Å²) in [5.74, 6) is 0.684. The lowest BCUT2D eigenvalue weighted by Crippen LogP contribution is -2.05. The molecule has 2 aromatic rings. The van der Waals surface area contributed by atoms with Gasteiger partial charge in [0.1, 0.15) is 5.52 Å². The molecule has 17 heavy (non-hydrogen) atoms. The molecule has 0 N–H and O–H groups in total. The van der Waals surface area contributed by atoms with Crippen LogP contribution in [0.2, 0.25) is 0 Å². The number of fused-ring (bicyclic) bond motifs is 1. The molecule has 0 aliphatic rings. The van der Waals surface area contributed by atoms with Crippen molar-refractivity contribution in [1.82, 2.24) is 4.98 Å². The third kappa shape index (κ3) is 1.84. The minimum atomic E-state index is -0.187. The van der Waals surface area contributed by atoms with Gasteiger partial charge in [0.05, 0.1) is 19.1 Å². The standard InChI is InChI=1S/C13H14N2O2/c1-8(2)10(6-14)9-4-5-11(16-3)13-12(9)15-7-17-13/h4-5,7-8,10H,1-3H3. The highest BCUT2D eigenvalue weighted by Gasteiger charge is 2.21. The zero-order chi connectivity index (χ0) is 12.4. The van der Waals surface area contributed by atoms with Crippen LogP contribution in [-0.4, -0.2) is 12.1 Å². The normalized spacial score (nSPS) is 12.6. The Hall–Kier alpha value is -2.02. The van der Waals surface area contributed by atoms with Crippen molar-refractivity contribution >= 4 is 11.1 Å². The topological polar surface area (TPSA) is 59.0 Å². The molecular formula is C13H14N2O2. The van der Waals surface area contributed by atoms with Gasteiger partial charge in [-0.2, -0.15) is 5.26 Å². The third-order valence-corrected chi connectivity index (χ3v) is 2.84. The summed E-state index contributed by atoms with van der Waals surface area (Å²) in [7, 11) is 1.58. The van der Waals surface area contributed by atoms with E-state index in [9.17, 15) is 5.26 Å². The fourth-order valence-corrected chi connectivity index (χ4v) is 1.94. The van der Waals surface area contributed by atoms with Crippen LogP contribution in [0.3, 0.4) is 0 Å². The van der Waals surface area contributed by atoms with Crippen LogP contribution in [0.15, 0.2) is 22.9 Å². The van der Waals surface area contributed by atoms with Crippen LogP contribution in [0.4, 0.5) is 0 Å². The zero-order valence-corrected chi connectivity index (χ0v) is 10.1. The largest absolute Gasteiger partial charge is 0.493 e. The molecule has 0 saturated carbocycles. The van der Waals surface area contributed by atoms with Gasteiger partial charge >= 0.3 is 0 Å². The maximum atomic E-state index is 9.23. The molecule has 0 aliphatic carbocycles. The van der Waals surface area contributed by atoms with Gasteiger partial charge in [-0.3, -0.25) is 0 Å². The fraction of sp³-hybridized carbons (Fsp3) is 0.385. The molecule has 1 heterocycles. The van der Waals surface area contributed by atoms with Crippen LogP contribution in [0.5, 0.6) is 5.75 Å². The lowest BCUT2D eigenvalue weighted by molar-refractivity contribution is 0.410. The smallest absolute Gasteiger partial charge is 0.196 e. The summed E-state index contributed by atoms with van der Waals surface area (Å²) < 4.78 is 10.5. The molecule has 0 radical (unpaired) electrons. The number of methoxy groups -OCH3 is 1. The van der Waals surface area contributed by atoms with Gasteiger partial charge in [0.2, 0.25) is 0 Å². The maximum absolute atomic E-state index is 9.23. The van der Waals surface area contributed by atoms with Crippen molar-refractivity contribution in [2.24, 2.45) is 5.92 Å². The number of hydrogen-bond donors (Lipinski definition) is 0. The molecule has 0 fully saturated rings. The van der Waals surface area contributed by atoms with Gasteiger partial charge in [-0.15, -0.1) is 0 Å². The van der Waals surface area contributed by atoms with E-state index in [4.69, 9.17) is 9.15 Å². The number of oxazole rings is 1. The van der Waals surface area contributed by atoms with E-state index in [1.54, 1.807) is 7.11 Å². The van der Waals surface area contributed by atoms with E-state index in [0.717, 1.165) is 5.56 Å². The summed E-state index contributed by atoms with van der Waals surface area (Å²) >= 11 is 0. The Morgan fingerprint density at radius 1 is 1.41 bits per heavy atom. The first-order valence-corrected chi connectivity index (χ1v) is 5.48. The van der Waals surface area contributed by atoms with Crippen molar-refractivity contribution in [3.8, 4) is 11.8 Å². The van der Waals surface area contributed by atoms with Crippen LogP contribution in [0, 0.1) is 17.2 Å². The van der Waals surface area contributed by atoms with E-state index in [0.29, 0.717) is 16.8 Å². The molecule has 1 aromatic carbocycles. The van der Waals surface area contributed by atoms with Crippen LogP contribution in [-0.2, 0) is 0 Å². The van der Waals surface area contributed by atoms with E-state index >= 15 is 0 Å². The third-order valence-electron chi connectivity index (χ3n) is 2.84. The molecule has 0 aliphatic heterocycles. The SMILES string of the molecule is COc1ccc(C(C#N)C(C)C)c2ncoc12. The Labute approximate surface area is 99.8 Å². The molecule has 2 rings (SSSR count). The van der Waals surface area contributed by atoms with Crippen molar-refractivity contribution < 1.29 is 9.15 Å². The average Bonchev–Trinajstić information content (AvgIpc) is 2.78. The molecule has 1 atom stereocenters. The number of aromatic nitrogens is 1. The summed E-state index contributed by atoms with van der Waals surface area (Å²) in [6.07, 6.45) is 1.38. The van der Waals surface area contributed by atoms with Gasteiger partial charge in [0.25, 0.3) is 0 Å². The number of rotatable bonds is 3. The Balaban J connectivity index is 2.64. The van der Waals surface area contributed by atoms with Crippen molar-refractivity contribution in [1.29, 1.82) is 5.26 Å². The molecule has 1 aromatic heterocycles. The highest BCUT2D eigenvalue weighted by atomic mass is 16.5. The number of nitriles is 1. The quantitative estimate of drug-likeness (QED) is 0.812. The van der Waals surface area contributed by atoms with E-state index in [2.05, 4.69) is 11.1 Å². The first-order valence-electron chi connectivity index (χ1n) is 5.48. The van der Waals surface area contributed by atoms with Crippen molar-refractivity contribution in [2.45, 2.75) is 19.8 Å². The van der Waals surface area contributed by atoms with Crippen LogP contribution in [0.25, 0.3) is 11.1 Å². The summed E-state index contributed by atoms with van der Waals surface area (Å²) in [5, 5.41) is 9.23. The van der Waals surface area contributed by atoms with Crippen LogP contribution < -0.4 is 4.74 Å². The van der Waals surface area contributed by atoms with Gasteiger partial charge in [-0.05, 0) is 17.5 Å². The minimum Gasteiger partial charge on any atom is -0.493 e. The molecule has 0 spiro atoms. The van der Waals surface area contributed by atoms with Gasteiger partial charge in [0.15, 0.2) is 17.7 Å². The number of nitrogens with zero attached hydrogens (tertiary/aromatic N) is 2. The van der Waals surface area contributed by atoms with Crippen molar-refractivity contribution in [2.75, 3.05) is 7.11 Å². The summed E-state index contributed by atoms with van der Waals surface area (Å²) in [6, 6.07) is 6.02. The van der Waals surface area contributed by atoms with E-state index < -0.39 is 0 Å². The minimum absolute atomic E-state index is 0.187. The zero-order valence-electron chi connectivity index (χ0n) is 10.1. The van der Waals surface area contributed by atoms with Crippen LogP contribution in [0.1, 0.15) is 25.3 Å². The summed E-state index contributed by atoms with van der Waals surface area (Å²) in [4.78, 5) is 4.18. The Kier molecular flexibility index (Phi) is 3.01. The molecule has 0 amide bonds. The van der Waals surface area contributed by atoms with Gasteiger partial charge < -0.3 is 9.15 Å². The highest BCUT2D eigenvalue weighted by Crippen LogP contribution is 2.34. The molecule has 0 bridgehead atoms. The Morgan fingerprint density at radius 2 is 2.18 bits per heavy atom. The first-order chi connectivity index (χ1) is 8.19. The van der Waals surface area contributed by atoms with Crippen molar-refractivity contribution in [3.05, 3.63) is 24.1 Å². The maximum Gasteiger partial charge on any atom is 0.196 e. The van der Waals surface area contributed by atoms with E-state index in [-0.39, 0.29) is 11.8 Å². The molecular weight excluding hydrogens is 216 g/mol. The average molecular weight is 230 g/mol. The number of benzene rings is 1. The second-order valence-electron chi connectivity index (χ2n) is 4.24. The fourth-order valence-electron chi connectivity index (χ4n) is 1.94. The molecule has 0 saturated heterocycles. The van der Waals surface area contributed by atoms with Crippen molar-refractivity contribution in [3.63, 3.8) is 0 Å². The Bertz CT molecular complexity index is 566. The van der Waals surface area contributed by atoms with Gasteiger partial charge in [-0.25, -0.2) is 4.98 Å². The predicted octanol–water partition coefficient (Wildman–Crippen LogP) is 3.10. The monoisotopic (exact) mass is 230 g/mol. The second kappa shape index (κ2) is 4.46. The highest BCUT2D eigenvalue weighted by molar-refractivity contribution is 5.83. The molecule has 88 valence electrons. The summed E-state index contributed by atoms with van der Waals surface area (Å²) in [6.45, 7) is 4.04. The van der Waals surface area contributed by atoms with E-state index in [1.165, 1.54) is 6.39 Å². The van der Waals surface area contributed by atoms with E-state index in [1.807, 2.05) is 26.0 Å². The lowest BCUT2D eigenvalue weighted by Gasteiger charge is -2.14. The first kappa shape index (κ1) is 11.5. The predicted molar refractivity (Wildman–Crippen MR) is 63.8 cm³/mol. The lowest BCUT2D eigenvalue weighted by atomic mass is 9.89. The number of hydrogen-bond acceptors (Lipinski definition) is 4. The Morgan fingerprint density at radius 3 is 2.76 bits per heavy atom.